The predicted octanol–water partition coefficient (Wildman–Crippen LogP) is 3.84. The molecule has 0 aliphatic rings. The lowest BCUT2D eigenvalue weighted by molar-refractivity contribution is 0.886. The minimum atomic E-state index is 0.905. The first-order valence-electron chi connectivity index (χ1n) is 7.36. The third-order valence-electron chi connectivity index (χ3n) is 3.75. The number of hydrogen-bond acceptors (Lipinski definition) is 3. The lowest BCUT2D eigenvalue weighted by atomic mass is 10.1. The topological polar surface area (TPSA) is 42.2 Å². The molecule has 0 fully saturated rings. The Balaban J connectivity index is 2.21. The quantitative estimate of drug-likeness (QED) is 0.789. The number of aromatic nitrogens is 3. The monoisotopic (exact) mass is 280 g/mol. The lowest BCUT2D eigenvalue weighted by Crippen LogP contribution is -2.10. The summed E-state index contributed by atoms with van der Waals surface area (Å²) in [6.45, 7) is 7.23. The third-order valence-corrected chi connectivity index (χ3v) is 3.75. The number of rotatable bonds is 4. The van der Waals surface area contributed by atoms with Crippen molar-refractivity contribution in [2.75, 3.05) is 11.9 Å². The van der Waals surface area contributed by atoms with Gasteiger partial charge in [0.2, 0.25) is 0 Å². The van der Waals surface area contributed by atoms with Gasteiger partial charge in [0.15, 0.2) is 5.65 Å². The van der Waals surface area contributed by atoms with E-state index in [0.717, 1.165) is 46.8 Å². The van der Waals surface area contributed by atoms with Crippen LogP contribution in [0, 0.1) is 13.8 Å². The molecule has 2 aromatic heterocycles. The van der Waals surface area contributed by atoms with Crippen LogP contribution in [0.3, 0.4) is 0 Å². The predicted molar refractivity (Wildman–Crippen MR) is 86.7 cm³/mol. The standard InChI is InChI=1S/C17H20N4/c1-4-10-18-16-12(2)13(3)20-17-15(11-19-21(16)17)14-8-6-5-7-9-14/h5-9,11,18H,4,10H2,1-3H3. The fraction of sp³-hybridized carbons (Fsp3) is 0.294. The molecule has 21 heavy (non-hydrogen) atoms. The zero-order valence-electron chi connectivity index (χ0n) is 12.7. The molecule has 0 bridgehead atoms. The van der Waals surface area contributed by atoms with E-state index >= 15 is 0 Å². The van der Waals surface area contributed by atoms with E-state index in [4.69, 9.17) is 4.98 Å². The van der Waals surface area contributed by atoms with Gasteiger partial charge in [-0.3, -0.25) is 0 Å². The number of nitrogens with zero attached hydrogens (tertiary/aromatic N) is 3. The summed E-state index contributed by atoms with van der Waals surface area (Å²) in [5.74, 6) is 1.04. The molecule has 108 valence electrons. The maximum Gasteiger partial charge on any atom is 0.165 e. The molecular weight excluding hydrogens is 260 g/mol. The summed E-state index contributed by atoms with van der Waals surface area (Å²) in [6, 6.07) is 10.3. The van der Waals surface area contributed by atoms with Gasteiger partial charge in [0, 0.05) is 23.4 Å². The van der Waals surface area contributed by atoms with E-state index in [0.29, 0.717) is 0 Å². The average Bonchev–Trinajstić information content (AvgIpc) is 2.92. The normalized spacial score (nSPS) is 11.0. The summed E-state index contributed by atoms with van der Waals surface area (Å²) < 4.78 is 1.92. The average molecular weight is 280 g/mol. The van der Waals surface area contributed by atoms with E-state index in [1.807, 2.05) is 35.8 Å². The fourth-order valence-electron chi connectivity index (χ4n) is 2.46. The maximum absolute atomic E-state index is 4.74. The van der Waals surface area contributed by atoms with Gasteiger partial charge in [-0.2, -0.15) is 9.61 Å². The van der Waals surface area contributed by atoms with Crippen molar-refractivity contribution in [2.45, 2.75) is 27.2 Å². The molecule has 0 unspecified atom stereocenters. The van der Waals surface area contributed by atoms with E-state index in [-0.39, 0.29) is 0 Å². The Morgan fingerprint density at radius 3 is 2.62 bits per heavy atom. The molecule has 0 aliphatic heterocycles. The Morgan fingerprint density at radius 2 is 1.90 bits per heavy atom. The largest absolute Gasteiger partial charge is 0.370 e. The van der Waals surface area contributed by atoms with Crippen LogP contribution in [0.2, 0.25) is 0 Å². The highest BCUT2D eigenvalue weighted by Crippen LogP contribution is 2.27. The van der Waals surface area contributed by atoms with Crippen molar-refractivity contribution in [3.05, 3.63) is 47.8 Å². The number of fused-ring (bicyclic) bond motifs is 1. The molecule has 0 saturated heterocycles. The summed E-state index contributed by atoms with van der Waals surface area (Å²) in [4.78, 5) is 4.74. The van der Waals surface area contributed by atoms with E-state index < -0.39 is 0 Å². The molecule has 0 saturated carbocycles. The zero-order valence-corrected chi connectivity index (χ0v) is 12.7. The number of benzene rings is 1. The first kappa shape index (κ1) is 13.6. The lowest BCUT2D eigenvalue weighted by Gasteiger charge is -2.12. The van der Waals surface area contributed by atoms with Gasteiger partial charge in [-0.25, -0.2) is 4.98 Å². The van der Waals surface area contributed by atoms with E-state index in [9.17, 15) is 0 Å². The molecule has 0 amide bonds. The van der Waals surface area contributed by atoms with Crippen LogP contribution in [0.1, 0.15) is 24.6 Å². The molecule has 0 spiro atoms. The van der Waals surface area contributed by atoms with Gasteiger partial charge in [0.05, 0.1) is 6.20 Å². The third kappa shape index (κ3) is 2.37. The van der Waals surface area contributed by atoms with Crippen LogP contribution >= 0.6 is 0 Å². The van der Waals surface area contributed by atoms with Gasteiger partial charge in [-0.15, -0.1) is 0 Å². The van der Waals surface area contributed by atoms with Gasteiger partial charge in [0.1, 0.15) is 5.82 Å². The molecule has 4 heteroatoms. The van der Waals surface area contributed by atoms with E-state index in [1.54, 1.807) is 0 Å². The highest BCUT2D eigenvalue weighted by molar-refractivity contribution is 5.78. The molecule has 1 N–H and O–H groups in total. The zero-order chi connectivity index (χ0) is 14.8. The van der Waals surface area contributed by atoms with Crippen LogP contribution in [-0.4, -0.2) is 21.1 Å². The Hall–Kier alpha value is -2.36. The summed E-state index contributed by atoms with van der Waals surface area (Å²) in [7, 11) is 0. The fourth-order valence-corrected chi connectivity index (χ4v) is 2.46. The van der Waals surface area contributed by atoms with Crippen LogP contribution in [0.5, 0.6) is 0 Å². The second-order valence-corrected chi connectivity index (χ2v) is 5.26. The van der Waals surface area contributed by atoms with Gasteiger partial charge in [-0.1, -0.05) is 37.3 Å². The van der Waals surface area contributed by atoms with Gasteiger partial charge >= 0.3 is 0 Å². The maximum atomic E-state index is 4.74. The van der Waals surface area contributed by atoms with Crippen molar-refractivity contribution >= 4 is 11.5 Å². The Labute approximate surface area is 124 Å². The molecule has 0 aliphatic carbocycles. The molecule has 0 radical (unpaired) electrons. The van der Waals surface area contributed by atoms with Crippen LogP contribution in [0.15, 0.2) is 36.5 Å². The van der Waals surface area contributed by atoms with Gasteiger partial charge in [-0.05, 0) is 25.8 Å². The summed E-state index contributed by atoms with van der Waals surface area (Å²) in [6.07, 6.45) is 2.97. The van der Waals surface area contributed by atoms with Crippen LogP contribution in [-0.2, 0) is 0 Å². The van der Waals surface area contributed by atoms with Crippen LogP contribution in [0.4, 0.5) is 5.82 Å². The van der Waals surface area contributed by atoms with Crippen molar-refractivity contribution in [3.63, 3.8) is 0 Å². The van der Waals surface area contributed by atoms with E-state index in [2.05, 4.69) is 36.4 Å². The number of aryl methyl sites for hydroxylation is 1. The molecule has 4 nitrogen and oxygen atoms in total. The summed E-state index contributed by atoms with van der Waals surface area (Å²) in [5.41, 5.74) is 5.31. The van der Waals surface area contributed by atoms with Gasteiger partial charge < -0.3 is 5.32 Å². The Bertz CT molecular complexity index is 759. The van der Waals surface area contributed by atoms with Crippen molar-refractivity contribution in [3.8, 4) is 11.1 Å². The minimum absolute atomic E-state index is 0.905. The number of anilines is 1. The summed E-state index contributed by atoms with van der Waals surface area (Å²) in [5, 5.41) is 8.01. The first-order valence-corrected chi connectivity index (χ1v) is 7.36. The Morgan fingerprint density at radius 1 is 1.14 bits per heavy atom. The highest BCUT2D eigenvalue weighted by atomic mass is 15.3. The van der Waals surface area contributed by atoms with E-state index in [1.165, 1.54) is 0 Å². The molecule has 2 heterocycles. The second kappa shape index (κ2) is 5.56. The van der Waals surface area contributed by atoms with Gasteiger partial charge in [0.25, 0.3) is 0 Å². The second-order valence-electron chi connectivity index (χ2n) is 5.26. The van der Waals surface area contributed by atoms with Crippen molar-refractivity contribution in [1.82, 2.24) is 14.6 Å². The highest BCUT2D eigenvalue weighted by Gasteiger charge is 2.14. The number of nitrogens with one attached hydrogen (secondary N) is 1. The molecule has 0 atom stereocenters. The molecule has 3 aromatic rings. The van der Waals surface area contributed by atoms with Crippen molar-refractivity contribution in [2.24, 2.45) is 0 Å². The number of hydrogen-bond donors (Lipinski definition) is 1. The van der Waals surface area contributed by atoms with Crippen LogP contribution in [0.25, 0.3) is 16.8 Å². The summed E-state index contributed by atoms with van der Waals surface area (Å²) >= 11 is 0. The van der Waals surface area contributed by atoms with Crippen LogP contribution < -0.4 is 5.32 Å². The SMILES string of the molecule is CCCNc1c(C)c(C)nc2c(-c3ccccc3)cnn12. The van der Waals surface area contributed by atoms with Crippen molar-refractivity contribution in [1.29, 1.82) is 0 Å². The first-order chi connectivity index (χ1) is 10.2. The molecular formula is C17H20N4. The minimum Gasteiger partial charge on any atom is -0.370 e. The molecule has 3 rings (SSSR count). The smallest absolute Gasteiger partial charge is 0.165 e. The van der Waals surface area contributed by atoms with Crippen molar-refractivity contribution < 1.29 is 0 Å². The molecule has 1 aromatic carbocycles. The Kier molecular flexibility index (Phi) is 3.60.